The molecule has 1 aromatic carbocycles. The summed E-state index contributed by atoms with van der Waals surface area (Å²) in [5.41, 5.74) is 2.33. The molecular formula is C17H23ClN2O. The van der Waals surface area contributed by atoms with Gasteiger partial charge in [-0.2, -0.15) is 0 Å². The second-order valence-corrected chi connectivity index (χ2v) is 5.72. The summed E-state index contributed by atoms with van der Waals surface area (Å²) in [6.45, 7) is 6.83. The van der Waals surface area contributed by atoms with Crippen LogP contribution in [0.5, 0.6) is 0 Å². The van der Waals surface area contributed by atoms with Crippen molar-refractivity contribution in [2.75, 3.05) is 13.6 Å². The molecule has 4 heteroatoms. The van der Waals surface area contributed by atoms with Gasteiger partial charge in [0.25, 0.3) is 0 Å². The zero-order valence-electron chi connectivity index (χ0n) is 12.9. The van der Waals surface area contributed by atoms with Crippen LogP contribution < -0.4 is 5.32 Å². The van der Waals surface area contributed by atoms with Crippen LogP contribution in [0.25, 0.3) is 0 Å². The van der Waals surface area contributed by atoms with E-state index in [1.165, 1.54) is 5.56 Å². The summed E-state index contributed by atoms with van der Waals surface area (Å²) in [6.07, 6.45) is 1.83. The summed E-state index contributed by atoms with van der Waals surface area (Å²) in [5, 5.41) is 4.11. The van der Waals surface area contributed by atoms with E-state index < -0.39 is 0 Å². The molecule has 3 nitrogen and oxygen atoms in total. The van der Waals surface area contributed by atoms with Gasteiger partial charge in [0.15, 0.2) is 0 Å². The fourth-order valence-corrected chi connectivity index (χ4v) is 2.60. The Balaban J connectivity index is 1.99. The molecule has 0 aliphatic heterocycles. The molecule has 2 rings (SSSR count). The standard InChI is InChI=1S/C17H23ClN2O/c1-4-19-10-14-9-15(21-12-14)11-20(3)13(2)16-7-5-6-8-17(16)18/h5-9,12-13,19H,4,10-11H2,1-3H3. The lowest BCUT2D eigenvalue weighted by molar-refractivity contribution is 0.232. The van der Waals surface area contributed by atoms with E-state index in [1.807, 2.05) is 24.5 Å². The molecule has 2 aromatic rings. The highest BCUT2D eigenvalue weighted by Crippen LogP contribution is 2.27. The summed E-state index contributed by atoms with van der Waals surface area (Å²) >= 11 is 6.27. The van der Waals surface area contributed by atoms with Crippen molar-refractivity contribution >= 4 is 11.6 Å². The number of furan rings is 1. The van der Waals surface area contributed by atoms with Gasteiger partial charge in [0, 0.05) is 23.2 Å². The molecule has 0 fully saturated rings. The smallest absolute Gasteiger partial charge is 0.118 e. The maximum Gasteiger partial charge on any atom is 0.118 e. The molecule has 0 amide bonds. The van der Waals surface area contributed by atoms with E-state index in [0.29, 0.717) is 0 Å². The van der Waals surface area contributed by atoms with Crippen LogP contribution in [0.2, 0.25) is 5.02 Å². The normalized spacial score (nSPS) is 12.8. The SMILES string of the molecule is CCNCc1coc(CN(C)C(C)c2ccccc2Cl)c1. The predicted molar refractivity (Wildman–Crippen MR) is 87.4 cm³/mol. The average molecular weight is 307 g/mol. The molecule has 0 radical (unpaired) electrons. The molecule has 1 unspecified atom stereocenters. The van der Waals surface area contributed by atoms with Crippen LogP contribution in [0.3, 0.4) is 0 Å². The van der Waals surface area contributed by atoms with Crippen molar-refractivity contribution in [3.63, 3.8) is 0 Å². The Morgan fingerprint density at radius 2 is 2.10 bits per heavy atom. The molecule has 0 aliphatic rings. The molecule has 0 bridgehead atoms. The van der Waals surface area contributed by atoms with Crippen molar-refractivity contribution < 1.29 is 4.42 Å². The number of hydrogen-bond acceptors (Lipinski definition) is 3. The molecule has 21 heavy (non-hydrogen) atoms. The molecule has 114 valence electrons. The third-order valence-corrected chi connectivity index (χ3v) is 4.05. The first-order valence-corrected chi connectivity index (χ1v) is 7.71. The third kappa shape index (κ3) is 4.34. The van der Waals surface area contributed by atoms with Gasteiger partial charge < -0.3 is 9.73 Å². The van der Waals surface area contributed by atoms with E-state index in [9.17, 15) is 0 Å². The molecular weight excluding hydrogens is 284 g/mol. The molecule has 1 heterocycles. The second-order valence-electron chi connectivity index (χ2n) is 5.31. The van der Waals surface area contributed by atoms with Crippen LogP contribution in [-0.4, -0.2) is 18.5 Å². The maximum atomic E-state index is 6.27. The fourth-order valence-electron chi connectivity index (χ4n) is 2.31. The lowest BCUT2D eigenvalue weighted by atomic mass is 10.1. The zero-order chi connectivity index (χ0) is 15.2. The number of nitrogens with zero attached hydrogens (tertiary/aromatic N) is 1. The molecule has 0 aliphatic carbocycles. The molecule has 0 saturated heterocycles. The first-order chi connectivity index (χ1) is 10.1. The van der Waals surface area contributed by atoms with Gasteiger partial charge in [-0.05, 0) is 38.2 Å². The van der Waals surface area contributed by atoms with Crippen molar-refractivity contribution in [2.24, 2.45) is 0 Å². The predicted octanol–water partition coefficient (Wildman–Crippen LogP) is 4.24. The van der Waals surface area contributed by atoms with Crippen LogP contribution in [0, 0.1) is 0 Å². The molecule has 0 saturated carbocycles. The number of hydrogen-bond donors (Lipinski definition) is 1. The van der Waals surface area contributed by atoms with Gasteiger partial charge in [-0.15, -0.1) is 0 Å². The topological polar surface area (TPSA) is 28.4 Å². The Morgan fingerprint density at radius 3 is 2.81 bits per heavy atom. The van der Waals surface area contributed by atoms with Crippen molar-refractivity contribution in [1.29, 1.82) is 0 Å². The van der Waals surface area contributed by atoms with Crippen LogP contribution in [-0.2, 0) is 13.1 Å². The Labute approximate surface area is 131 Å². The van der Waals surface area contributed by atoms with Crippen molar-refractivity contribution in [3.05, 3.63) is 58.5 Å². The molecule has 1 atom stereocenters. The highest BCUT2D eigenvalue weighted by Gasteiger charge is 2.16. The third-order valence-electron chi connectivity index (χ3n) is 3.71. The van der Waals surface area contributed by atoms with Gasteiger partial charge in [0.05, 0.1) is 12.8 Å². The van der Waals surface area contributed by atoms with Crippen molar-refractivity contribution in [3.8, 4) is 0 Å². The minimum atomic E-state index is 0.237. The number of benzene rings is 1. The Morgan fingerprint density at radius 1 is 1.33 bits per heavy atom. The fraction of sp³-hybridized carbons (Fsp3) is 0.412. The largest absolute Gasteiger partial charge is 0.468 e. The minimum absolute atomic E-state index is 0.237. The summed E-state index contributed by atoms with van der Waals surface area (Å²) in [7, 11) is 2.08. The number of halogens is 1. The number of nitrogens with one attached hydrogen (secondary N) is 1. The second kappa shape index (κ2) is 7.64. The van der Waals surface area contributed by atoms with E-state index in [4.69, 9.17) is 16.0 Å². The number of rotatable bonds is 7. The maximum absolute atomic E-state index is 6.27. The van der Waals surface area contributed by atoms with E-state index >= 15 is 0 Å². The van der Waals surface area contributed by atoms with Gasteiger partial charge in [-0.3, -0.25) is 4.90 Å². The van der Waals surface area contributed by atoms with E-state index in [2.05, 4.69) is 43.2 Å². The molecule has 1 N–H and O–H groups in total. The van der Waals surface area contributed by atoms with E-state index in [0.717, 1.165) is 36.0 Å². The Hall–Kier alpha value is -1.29. The Bertz CT molecular complexity index is 567. The summed E-state index contributed by atoms with van der Waals surface area (Å²) < 4.78 is 5.63. The average Bonchev–Trinajstić information content (AvgIpc) is 2.92. The highest BCUT2D eigenvalue weighted by atomic mass is 35.5. The van der Waals surface area contributed by atoms with Gasteiger partial charge in [0.2, 0.25) is 0 Å². The molecule has 0 spiro atoms. The minimum Gasteiger partial charge on any atom is -0.468 e. The summed E-state index contributed by atoms with van der Waals surface area (Å²) in [6, 6.07) is 10.3. The molecule has 1 aromatic heterocycles. The Kier molecular flexibility index (Phi) is 5.85. The van der Waals surface area contributed by atoms with Crippen molar-refractivity contribution in [2.45, 2.75) is 33.0 Å². The first kappa shape index (κ1) is 16.1. The summed E-state index contributed by atoms with van der Waals surface area (Å²) in [4.78, 5) is 2.23. The van der Waals surface area contributed by atoms with Crippen LogP contribution in [0.4, 0.5) is 0 Å². The lowest BCUT2D eigenvalue weighted by Gasteiger charge is -2.24. The van der Waals surface area contributed by atoms with Gasteiger partial charge in [-0.1, -0.05) is 36.7 Å². The monoisotopic (exact) mass is 306 g/mol. The lowest BCUT2D eigenvalue weighted by Crippen LogP contribution is -2.21. The van der Waals surface area contributed by atoms with Gasteiger partial charge in [-0.25, -0.2) is 0 Å². The highest BCUT2D eigenvalue weighted by molar-refractivity contribution is 6.31. The van der Waals surface area contributed by atoms with Crippen LogP contribution in [0.15, 0.2) is 41.0 Å². The van der Waals surface area contributed by atoms with Gasteiger partial charge in [0.1, 0.15) is 5.76 Å². The quantitative estimate of drug-likeness (QED) is 0.829. The van der Waals surface area contributed by atoms with E-state index in [-0.39, 0.29) is 6.04 Å². The first-order valence-electron chi connectivity index (χ1n) is 7.33. The van der Waals surface area contributed by atoms with Crippen LogP contribution >= 0.6 is 11.6 Å². The van der Waals surface area contributed by atoms with Gasteiger partial charge >= 0.3 is 0 Å². The van der Waals surface area contributed by atoms with E-state index in [1.54, 1.807) is 0 Å². The zero-order valence-corrected chi connectivity index (χ0v) is 13.7. The van der Waals surface area contributed by atoms with Crippen LogP contribution in [0.1, 0.15) is 36.8 Å². The summed E-state index contributed by atoms with van der Waals surface area (Å²) in [5.74, 6) is 0.976. The van der Waals surface area contributed by atoms with Crippen molar-refractivity contribution in [1.82, 2.24) is 10.2 Å².